The lowest BCUT2D eigenvalue weighted by atomic mass is 10.1. The number of pyridine rings is 1. The van der Waals surface area contributed by atoms with Gasteiger partial charge in [0.2, 0.25) is 5.82 Å². The first-order valence-electron chi connectivity index (χ1n) is 4.33. The van der Waals surface area contributed by atoms with Gasteiger partial charge in [0.15, 0.2) is 0 Å². The molecule has 0 aliphatic heterocycles. The van der Waals surface area contributed by atoms with Crippen LogP contribution in [0.5, 0.6) is 0 Å². The molecule has 0 bridgehead atoms. The van der Waals surface area contributed by atoms with Crippen molar-refractivity contribution in [2.24, 2.45) is 0 Å². The van der Waals surface area contributed by atoms with Gasteiger partial charge in [-0.3, -0.25) is 10.1 Å². The average molecular weight is 216 g/mol. The van der Waals surface area contributed by atoms with E-state index in [0.29, 0.717) is 11.1 Å². The minimum absolute atomic E-state index is 0.0671. The third-order valence-corrected chi connectivity index (χ3v) is 1.91. The Bertz CT molecular complexity index is 534. The van der Waals surface area contributed by atoms with Gasteiger partial charge in [0.05, 0.1) is 23.0 Å². The standard InChI is InChI=1S/C10H8N4O2/c1-7-8(4-2-3-5-11)6-13-10(12)9(7)14(15)16/h6H,3H2,1H3,(H2,12,13). The second kappa shape index (κ2) is 4.76. The minimum Gasteiger partial charge on any atom is -0.378 e. The zero-order chi connectivity index (χ0) is 12.1. The summed E-state index contributed by atoms with van der Waals surface area (Å²) < 4.78 is 0. The van der Waals surface area contributed by atoms with Crippen LogP contribution in [0.1, 0.15) is 17.5 Å². The summed E-state index contributed by atoms with van der Waals surface area (Å²) in [5.74, 6) is 5.07. The Morgan fingerprint density at radius 2 is 2.38 bits per heavy atom. The number of nitrogen functional groups attached to an aromatic ring is 1. The predicted octanol–water partition coefficient (Wildman–Crippen LogP) is 1.15. The van der Waals surface area contributed by atoms with Crippen LogP contribution >= 0.6 is 0 Å². The number of hydrogen-bond acceptors (Lipinski definition) is 5. The van der Waals surface area contributed by atoms with Crippen molar-refractivity contribution in [1.82, 2.24) is 4.98 Å². The van der Waals surface area contributed by atoms with Crippen molar-refractivity contribution < 1.29 is 4.92 Å². The number of anilines is 1. The summed E-state index contributed by atoms with van der Waals surface area (Å²) in [6.45, 7) is 1.55. The molecule has 0 radical (unpaired) electrons. The van der Waals surface area contributed by atoms with E-state index in [2.05, 4.69) is 16.8 Å². The Morgan fingerprint density at radius 1 is 1.69 bits per heavy atom. The summed E-state index contributed by atoms with van der Waals surface area (Å²) in [6.07, 6.45) is 1.43. The number of nitriles is 1. The molecule has 0 aliphatic rings. The molecule has 6 heteroatoms. The summed E-state index contributed by atoms with van der Waals surface area (Å²) in [4.78, 5) is 13.8. The summed E-state index contributed by atoms with van der Waals surface area (Å²) in [7, 11) is 0. The third kappa shape index (κ3) is 2.25. The first-order chi connectivity index (χ1) is 7.57. The van der Waals surface area contributed by atoms with E-state index in [4.69, 9.17) is 11.0 Å². The lowest BCUT2D eigenvalue weighted by Crippen LogP contribution is -2.02. The molecular weight excluding hydrogens is 208 g/mol. The minimum atomic E-state index is -0.590. The van der Waals surface area contributed by atoms with Crippen LogP contribution in [-0.4, -0.2) is 9.91 Å². The van der Waals surface area contributed by atoms with Gasteiger partial charge in [-0.05, 0) is 6.92 Å². The fourth-order valence-electron chi connectivity index (χ4n) is 1.15. The molecule has 0 unspecified atom stereocenters. The number of hydrogen-bond donors (Lipinski definition) is 1. The molecular formula is C10H8N4O2. The molecule has 0 atom stereocenters. The van der Waals surface area contributed by atoms with Gasteiger partial charge in [-0.1, -0.05) is 11.8 Å². The van der Waals surface area contributed by atoms with E-state index in [-0.39, 0.29) is 17.9 Å². The van der Waals surface area contributed by atoms with Gasteiger partial charge in [0.25, 0.3) is 0 Å². The van der Waals surface area contributed by atoms with Gasteiger partial charge < -0.3 is 5.73 Å². The maximum atomic E-state index is 10.7. The van der Waals surface area contributed by atoms with Crippen molar-refractivity contribution in [2.45, 2.75) is 13.3 Å². The second-order valence-corrected chi connectivity index (χ2v) is 2.92. The Balaban J connectivity index is 3.27. The van der Waals surface area contributed by atoms with Crippen LogP contribution in [0.2, 0.25) is 0 Å². The summed E-state index contributed by atoms with van der Waals surface area (Å²) in [5.41, 5.74) is 5.94. The number of aromatic nitrogens is 1. The highest BCUT2D eigenvalue weighted by Gasteiger charge is 2.18. The van der Waals surface area contributed by atoms with E-state index in [1.54, 1.807) is 6.92 Å². The number of nitrogens with zero attached hydrogens (tertiary/aromatic N) is 3. The van der Waals surface area contributed by atoms with Gasteiger partial charge in [0.1, 0.15) is 0 Å². The van der Waals surface area contributed by atoms with E-state index in [0.717, 1.165) is 0 Å². The first kappa shape index (κ1) is 11.5. The molecule has 0 spiro atoms. The van der Waals surface area contributed by atoms with Crippen molar-refractivity contribution in [1.29, 1.82) is 5.26 Å². The quantitative estimate of drug-likeness (QED) is 0.430. The summed E-state index contributed by atoms with van der Waals surface area (Å²) >= 11 is 0. The highest BCUT2D eigenvalue weighted by Crippen LogP contribution is 2.25. The Kier molecular flexibility index (Phi) is 3.41. The maximum Gasteiger partial charge on any atom is 0.315 e. The van der Waals surface area contributed by atoms with Gasteiger partial charge in [-0.25, -0.2) is 4.98 Å². The van der Waals surface area contributed by atoms with Crippen molar-refractivity contribution in [3.8, 4) is 17.9 Å². The summed E-state index contributed by atoms with van der Waals surface area (Å²) in [6, 6.07) is 1.85. The highest BCUT2D eigenvalue weighted by atomic mass is 16.6. The van der Waals surface area contributed by atoms with Crippen LogP contribution < -0.4 is 5.73 Å². The highest BCUT2D eigenvalue weighted by molar-refractivity contribution is 5.62. The predicted molar refractivity (Wildman–Crippen MR) is 57.1 cm³/mol. The topological polar surface area (TPSA) is 106 Å². The van der Waals surface area contributed by atoms with Crippen LogP contribution in [0.15, 0.2) is 6.20 Å². The van der Waals surface area contributed by atoms with Crippen LogP contribution in [0.4, 0.5) is 11.5 Å². The molecule has 6 nitrogen and oxygen atoms in total. The molecule has 0 fully saturated rings. The average Bonchev–Trinajstić information content (AvgIpc) is 2.21. The zero-order valence-corrected chi connectivity index (χ0v) is 8.52. The van der Waals surface area contributed by atoms with E-state index in [9.17, 15) is 10.1 Å². The van der Waals surface area contributed by atoms with E-state index >= 15 is 0 Å². The lowest BCUT2D eigenvalue weighted by molar-refractivity contribution is -0.384. The summed E-state index contributed by atoms with van der Waals surface area (Å²) in [5, 5.41) is 19.0. The molecule has 2 N–H and O–H groups in total. The van der Waals surface area contributed by atoms with Crippen molar-refractivity contribution in [2.75, 3.05) is 5.73 Å². The van der Waals surface area contributed by atoms with Crippen molar-refractivity contribution in [3.05, 3.63) is 27.4 Å². The molecule has 1 heterocycles. The molecule has 0 amide bonds. The fourth-order valence-corrected chi connectivity index (χ4v) is 1.15. The zero-order valence-electron chi connectivity index (χ0n) is 8.52. The van der Waals surface area contributed by atoms with Gasteiger partial charge >= 0.3 is 5.69 Å². The molecule has 0 aromatic carbocycles. The van der Waals surface area contributed by atoms with Crippen LogP contribution in [0, 0.1) is 40.2 Å². The molecule has 16 heavy (non-hydrogen) atoms. The van der Waals surface area contributed by atoms with Crippen molar-refractivity contribution in [3.63, 3.8) is 0 Å². The molecule has 80 valence electrons. The van der Waals surface area contributed by atoms with Crippen LogP contribution in [0.25, 0.3) is 0 Å². The normalized spacial score (nSPS) is 8.75. The molecule has 1 aromatic heterocycles. The second-order valence-electron chi connectivity index (χ2n) is 2.92. The number of nitro groups is 1. The Labute approximate surface area is 91.9 Å². The Hall–Kier alpha value is -2.60. The van der Waals surface area contributed by atoms with Gasteiger partial charge in [-0.15, -0.1) is 0 Å². The number of nitrogens with two attached hydrogens (primary N) is 1. The number of rotatable bonds is 1. The van der Waals surface area contributed by atoms with E-state index in [1.807, 2.05) is 6.07 Å². The third-order valence-electron chi connectivity index (χ3n) is 1.91. The van der Waals surface area contributed by atoms with Crippen LogP contribution in [-0.2, 0) is 0 Å². The van der Waals surface area contributed by atoms with E-state index in [1.165, 1.54) is 6.20 Å². The van der Waals surface area contributed by atoms with E-state index < -0.39 is 4.92 Å². The monoisotopic (exact) mass is 216 g/mol. The molecule has 0 saturated heterocycles. The van der Waals surface area contributed by atoms with Crippen LogP contribution in [0.3, 0.4) is 0 Å². The SMILES string of the molecule is Cc1c(C#CCC#N)cnc(N)c1[N+](=O)[O-]. The molecule has 0 saturated carbocycles. The largest absolute Gasteiger partial charge is 0.378 e. The fraction of sp³-hybridized carbons (Fsp3) is 0.200. The lowest BCUT2D eigenvalue weighted by Gasteiger charge is -2.01. The molecule has 1 rings (SSSR count). The molecule has 1 aromatic rings. The Morgan fingerprint density at radius 3 is 2.94 bits per heavy atom. The molecule has 0 aliphatic carbocycles. The van der Waals surface area contributed by atoms with Gasteiger partial charge in [-0.2, -0.15) is 5.26 Å². The van der Waals surface area contributed by atoms with Crippen molar-refractivity contribution >= 4 is 11.5 Å². The maximum absolute atomic E-state index is 10.7. The smallest absolute Gasteiger partial charge is 0.315 e. The van der Waals surface area contributed by atoms with Gasteiger partial charge in [0, 0.05) is 11.8 Å². The first-order valence-corrected chi connectivity index (χ1v) is 4.33.